The highest BCUT2D eigenvalue weighted by Gasteiger charge is 2.35. The molecule has 1 saturated heterocycles. The topological polar surface area (TPSA) is 75.7 Å². The van der Waals surface area contributed by atoms with Gasteiger partial charge < -0.3 is 10.1 Å². The second-order valence-electron chi connectivity index (χ2n) is 7.78. The van der Waals surface area contributed by atoms with Crippen molar-refractivity contribution in [2.24, 2.45) is 0 Å². The molecule has 0 bridgehead atoms. The first-order valence-corrected chi connectivity index (χ1v) is 11.8. The van der Waals surface area contributed by atoms with E-state index in [1.165, 1.54) is 12.1 Å². The van der Waals surface area contributed by atoms with Gasteiger partial charge in [0.1, 0.15) is 11.6 Å². The highest BCUT2D eigenvalue weighted by molar-refractivity contribution is 8.18. The summed E-state index contributed by atoms with van der Waals surface area (Å²) in [6.45, 7) is 1.77. The predicted molar refractivity (Wildman–Crippen MR) is 135 cm³/mol. The number of hydrogen-bond donors (Lipinski definition) is 1. The van der Waals surface area contributed by atoms with Crippen LogP contribution in [0.2, 0.25) is 5.02 Å². The number of amides is 3. The Bertz CT molecular complexity index is 1310. The van der Waals surface area contributed by atoms with Crippen molar-refractivity contribution in [2.45, 2.75) is 13.5 Å². The molecule has 3 aromatic rings. The van der Waals surface area contributed by atoms with Crippen molar-refractivity contribution in [1.82, 2.24) is 4.90 Å². The SMILES string of the molecule is Cc1ccc(NC(=O)COc2ccc(/C=C3\SC(=O)N(Cc4ccc(F)cc4Cl)C3=O)cc2)cc1. The number of benzene rings is 3. The van der Waals surface area contributed by atoms with E-state index in [1.54, 1.807) is 30.3 Å². The molecule has 178 valence electrons. The minimum absolute atomic E-state index is 0.0431. The van der Waals surface area contributed by atoms with Gasteiger partial charge in [-0.2, -0.15) is 0 Å². The van der Waals surface area contributed by atoms with Gasteiger partial charge in [-0.05, 0) is 72.3 Å². The van der Waals surface area contributed by atoms with E-state index in [2.05, 4.69) is 5.32 Å². The zero-order chi connectivity index (χ0) is 24.9. The van der Waals surface area contributed by atoms with Crippen LogP contribution in [0.15, 0.2) is 71.6 Å². The zero-order valence-corrected chi connectivity index (χ0v) is 20.2. The lowest BCUT2D eigenvalue weighted by atomic mass is 10.2. The Hall–Kier alpha value is -3.62. The van der Waals surface area contributed by atoms with E-state index < -0.39 is 17.0 Å². The van der Waals surface area contributed by atoms with Crippen LogP contribution >= 0.6 is 23.4 Å². The number of ether oxygens (including phenoxy) is 1. The fourth-order valence-electron chi connectivity index (χ4n) is 3.25. The summed E-state index contributed by atoms with van der Waals surface area (Å²) in [7, 11) is 0. The first-order chi connectivity index (χ1) is 16.8. The first-order valence-electron chi connectivity index (χ1n) is 10.6. The van der Waals surface area contributed by atoms with Crippen molar-refractivity contribution in [1.29, 1.82) is 0 Å². The standard InChI is InChI=1S/C26H20ClFN2O4S/c1-16-2-8-20(9-3-16)29-24(31)15-34-21-10-4-17(5-11-21)12-23-25(32)30(26(33)35-23)14-18-6-7-19(28)13-22(18)27/h2-13H,14-15H2,1H3,(H,29,31)/b23-12-. The quantitative estimate of drug-likeness (QED) is 0.392. The number of nitrogens with one attached hydrogen (secondary N) is 1. The number of carbonyl (C=O) groups is 3. The van der Waals surface area contributed by atoms with Gasteiger partial charge in [0.2, 0.25) is 0 Å². The molecular formula is C26H20ClFN2O4S. The zero-order valence-electron chi connectivity index (χ0n) is 18.6. The number of carbonyl (C=O) groups excluding carboxylic acids is 3. The normalized spacial score (nSPS) is 14.5. The fourth-order valence-corrected chi connectivity index (χ4v) is 4.32. The third-order valence-electron chi connectivity index (χ3n) is 5.10. The van der Waals surface area contributed by atoms with Gasteiger partial charge in [-0.25, -0.2) is 4.39 Å². The maximum Gasteiger partial charge on any atom is 0.293 e. The van der Waals surface area contributed by atoms with E-state index in [4.69, 9.17) is 16.3 Å². The Morgan fingerprint density at radius 3 is 2.49 bits per heavy atom. The lowest BCUT2D eigenvalue weighted by Gasteiger charge is -2.13. The molecule has 0 radical (unpaired) electrons. The van der Waals surface area contributed by atoms with E-state index in [-0.39, 0.29) is 29.0 Å². The third-order valence-corrected chi connectivity index (χ3v) is 6.36. The summed E-state index contributed by atoms with van der Waals surface area (Å²) in [4.78, 5) is 38.5. The summed E-state index contributed by atoms with van der Waals surface area (Å²) < 4.78 is 18.8. The van der Waals surface area contributed by atoms with E-state index in [0.29, 0.717) is 22.6 Å². The van der Waals surface area contributed by atoms with Crippen molar-refractivity contribution < 1.29 is 23.5 Å². The second kappa shape index (κ2) is 10.8. The number of nitrogens with zero attached hydrogens (tertiary/aromatic N) is 1. The van der Waals surface area contributed by atoms with Gasteiger partial charge in [-0.1, -0.05) is 47.5 Å². The maximum atomic E-state index is 13.3. The predicted octanol–water partition coefficient (Wildman–Crippen LogP) is 6.04. The smallest absolute Gasteiger partial charge is 0.293 e. The molecule has 0 aliphatic carbocycles. The highest BCUT2D eigenvalue weighted by Crippen LogP contribution is 2.34. The summed E-state index contributed by atoms with van der Waals surface area (Å²) in [5.41, 5.74) is 2.95. The van der Waals surface area contributed by atoms with Gasteiger partial charge in [-0.3, -0.25) is 19.3 Å². The summed E-state index contributed by atoms with van der Waals surface area (Å²) in [6, 6.07) is 18.1. The van der Waals surface area contributed by atoms with Crippen LogP contribution in [-0.4, -0.2) is 28.6 Å². The number of halogens is 2. The summed E-state index contributed by atoms with van der Waals surface area (Å²) >= 11 is 6.85. The van der Waals surface area contributed by atoms with Gasteiger partial charge in [0.05, 0.1) is 11.4 Å². The molecule has 0 spiro atoms. The van der Waals surface area contributed by atoms with Crippen LogP contribution in [0, 0.1) is 12.7 Å². The van der Waals surface area contributed by atoms with Gasteiger partial charge in [0.15, 0.2) is 6.61 Å². The van der Waals surface area contributed by atoms with Crippen molar-refractivity contribution in [3.05, 3.63) is 99.2 Å². The summed E-state index contributed by atoms with van der Waals surface area (Å²) in [6.07, 6.45) is 1.60. The molecule has 1 aliphatic heterocycles. The number of hydrogen-bond acceptors (Lipinski definition) is 5. The fraction of sp³-hybridized carbons (Fsp3) is 0.115. The average molecular weight is 511 g/mol. The molecule has 1 N–H and O–H groups in total. The second-order valence-corrected chi connectivity index (χ2v) is 9.18. The molecule has 1 heterocycles. The van der Waals surface area contributed by atoms with E-state index in [1.807, 2.05) is 31.2 Å². The molecule has 3 aromatic carbocycles. The van der Waals surface area contributed by atoms with E-state index in [9.17, 15) is 18.8 Å². The molecule has 3 amide bonds. The number of anilines is 1. The monoisotopic (exact) mass is 510 g/mol. The van der Waals surface area contributed by atoms with Crippen molar-refractivity contribution in [2.75, 3.05) is 11.9 Å². The van der Waals surface area contributed by atoms with Crippen molar-refractivity contribution in [3.8, 4) is 5.75 Å². The van der Waals surface area contributed by atoms with Crippen LogP contribution in [0.1, 0.15) is 16.7 Å². The van der Waals surface area contributed by atoms with E-state index >= 15 is 0 Å². The molecular weight excluding hydrogens is 491 g/mol. The summed E-state index contributed by atoms with van der Waals surface area (Å²) in [5.74, 6) is -0.742. The summed E-state index contributed by atoms with van der Waals surface area (Å²) in [5, 5.41) is 2.48. The van der Waals surface area contributed by atoms with Crippen LogP contribution in [0.25, 0.3) is 6.08 Å². The minimum Gasteiger partial charge on any atom is -0.484 e. The Balaban J connectivity index is 1.34. The number of thioether (sulfide) groups is 1. The molecule has 6 nitrogen and oxygen atoms in total. The molecule has 0 saturated carbocycles. The Morgan fingerprint density at radius 1 is 1.09 bits per heavy atom. The average Bonchev–Trinajstić information content (AvgIpc) is 3.09. The Labute approximate surface area is 210 Å². The Morgan fingerprint density at radius 2 is 1.80 bits per heavy atom. The first kappa shape index (κ1) is 24.5. The van der Waals surface area contributed by atoms with Crippen LogP contribution in [0.5, 0.6) is 5.75 Å². The molecule has 4 rings (SSSR count). The van der Waals surface area contributed by atoms with Crippen LogP contribution in [-0.2, 0) is 16.1 Å². The molecule has 0 atom stereocenters. The van der Waals surface area contributed by atoms with Crippen molar-refractivity contribution in [3.63, 3.8) is 0 Å². The van der Waals surface area contributed by atoms with Crippen molar-refractivity contribution >= 4 is 52.2 Å². The van der Waals surface area contributed by atoms with Gasteiger partial charge in [-0.15, -0.1) is 0 Å². The van der Waals surface area contributed by atoms with Gasteiger partial charge >= 0.3 is 0 Å². The van der Waals surface area contributed by atoms with E-state index in [0.717, 1.165) is 28.3 Å². The minimum atomic E-state index is -0.493. The number of rotatable bonds is 7. The molecule has 9 heteroatoms. The molecule has 1 fully saturated rings. The lowest BCUT2D eigenvalue weighted by Crippen LogP contribution is -2.27. The third kappa shape index (κ3) is 6.29. The van der Waals surface area contributed by atoms with Crippen LogP contribution in [0.3, 0.4) is 0 Å². The lowest BCUT2D eigenvalue weighted by molar-refractivity contribution is -0.123. The molecule has 1 aliphatic rings. The largest absolute Gasteiger partial charge is 0.484 e. The highest BCUT2D eigenvalue weighted by atomic mass is 35.5. The Kier molecular flexibility index (Phi) is 7.53. The maximum absolute atomic E-state index is 13.3. The van der Waals surface area contributed by atoms with Gasteiger partial charge in [0.25, 0.3) is 17.1 Å². The molecule has 0 aromatic heterocycles. The van der Waals surface area contributed by atoms with Crippen LogP contribution < -0.4 is 10.1 Å². The van der Waals surface area contributed by atoms with Gasteiger partial charge in [0, 0.05) is 10.7 Å². The number of imide groups is 1. The molecule has 35 heavy (non-hydrogen) atoms. The van der Waals surface area contributed by atoms with Crippen LogP contribution in [0.4, 0.5) is 14.9 Å². The molecule has 0 unspecified atom stereocenters. The number of aryl methyl sites for hydroxylation is 1.